The van der Waals surface area contributed by atoms with Gasteiger partial charge >= 0.3 is 0 Å². The first-order valence-electron chi connectivity index (χ1n) is 5.24. The van der Waals surface area contributed by atoms with Crippen LogP contribution in [0.2, 0.25) is 0 Å². The van der Waals surface area contributed by atoms with Gasteiger partial charge in [0.1, 0.15) is 5.03 Å². The number of nitrogens with zero attached hydrogens (tertiary/aromatic N) is 2. The molecule has 3 aromatic heterocycles. The first kappa shape index (κ1) is 11.3. The fourth-order valence-electron chi connectivity index (χ4n) is 1.68. The van der Waals surface area contributed by atoms with Gasteiger partial charge in [0, 0.05) is 18.0 Å². The Morgan fingerprint density at radius 2 is 2.29 bits per heavy atom. The largest absolute Gasteiger partial charge is 0.330 e. The van der Waals surface area contributed by atoms with Crippen molar-refractivity contribution in [1.82, 2.24) is 9.38 Å². The summed E-state index contributed by atoms with van der Waals surface area (Å²) >= 11 is 5.13. The standard InChI is InChI=1S/C11H11N3S3/c12-4-3-8-10(17-9-2-1-6-15-9)13-11-14(8)5-7-16-11/h1-2,5-7H,3-4,12H2. The van der Waals surface area contributed by atoms with Gasteiger partial charge in [0.25, 0.3) is 0 Å². The van der Waals surface area contributed by atoms with Gasteiger partial charge in [-0.25, -0.2) is 4.98 Å². The highest BCUT2D eigenvalue weighted by Crippen LogP contribution is 2.34. The molecule has 0 radical (unpaired) electrons. The van der Waals surface area contributed by atoms with E-state index in [0.717, 1.165) is 16.4 Å². The van der Waals surface area contributed by atoms with Gasteiger partial charge in [-0.3, -0.25) is 4.40 Å². The molecule has 0 saturated heterocycles. The van der Waals surface area contributed by atoms with Crippen molar-refractivity contribution >= 4 is 39.4 Å². The van der Waals surface area contributed by atoms with Crippen LogP contribution in [0.3, 0.4) is 0 Å². The molecule has 0 bridgehead atoms. The summed E-state index contributed by atoms with van der Waals surface area (Å²) in [5.74, 6) is 0. The summed E-state index contributed by atoms with van der Waals surface area (Å²) < 4.78 is 3.42. The van der Waals surface area contributed by atoms with Gasteiger partial charge < -0.3 is 5.73 Å². The van der Waals surface area contributed by atoms with Gasteiger partial charge in [0.15, 0.2) is 4.96 Å². The third-order valence-corrected chi connectivity index (χ3v) is 5.21. The smallest absolute Gasteiger partial charge is 0.194 e. The summed E-state index contributed by atoms with van der Waals surface area (Å²) in [5.41, 5.74) is 6.90. The maximum absolute atomic E-state index is 5.68. The summed E-state index contributed by atoms with van der Waals surface area (Å²) in [4.78, 5) is 5.71. The van der Waals surface area contributed by atoms with E-state index in [0.29, 0.717) is 6.54 Å². The molecule has 17 heavy (non-hydrogen) atoms. The molecule has 0 saturated carbocycles. The second-order valence-corrected chi connectivity index (χ2v) is 6.60. The van der Waals surface area contributed by atoms with E-state index in [-0.39, 0.29) is 0 Å². The molecular formula is C11H11N3S3. The van der Waals surface area contributed by atoms with Gasteiger partial charge in [-0.2, -0.15) is 0 Å². The van der Waals surface area contributed by atoms with Crippen molar-refractivity contribution in [3.8, 4) is 0 Å². The molecule has 0 atom stereocenters. The first-order valence-corrected chi connectivity index (χ1v) is 7.82. The minimum Gasteiger partial charge on any atom is -0.330 e. The predicted molar refractivity (Wildman–Crippen MR) is 74.3 cm³/mol. The SMILES string of the molecule is NCCc1c(Sc2cccs2)nc2sccn12. The number of fused-ring (bicyclic) bond motifs is 1. The molecular weight excluding hydrogens is 270 g/mol. The van der Waals surface area contributed by atoms with Crippen LogP contribution in [-0.2, 0) is 6.42 Å². The third kappa shape index (κ3) is 2.13. The molecule has 0 aliphatic heterocycles. The quantitative estimate of drug-likeness (QED) is 0.799. The number of imidazole rings is 1. The Morgan fingerprint density at radius 3 is 3.06 bits per heavy atom. The molecule has 3 aromatic rings. The monoisotopic (exact) mass is 281 g/mol. The molecule has 0 spiro atoms. The normalized spacial score (nSPS) is 11.4. The number of aromatic nitrogens is 2. The van der Waals surface area contributed by atoms with Crippen molar-refractivity contribution in [3.05, 3.63) is 34.8 Å². The molecule has 0 fully saturated rings. The number of nitrogens with two attached hydrogens (primary N) is 1. The van der Waals surface area contributed by atoms with Gasteiger partial charge in [0.2, 0.25) is 0 Å². The number of rotatable bonds is 4. The van der Waals surface area contributed by atoms with Crippen LogP contribution in [0.1, 0.15) is 5.69 Å². The molecule has 3 rings (SSSR count). The lowest BCUT2D eigenvalue weighted by molar-refractivity contribution is 0.879. The minimum atomic E-state index is 0.654. The van der Waals surface area contributed by atoms with E-state index in [1.165, 1.54) is 9.90 Å². The van der Waals surface area contributed by atoms with Crippen LogP contribution in [0.25, 0.3) is 4.96 Å². The Morgan fingerprint density at radius 1 is 1.35 bits per heavy atom. The van der Waals surface area contributed by atoms with Crippen LogP contribution in [0.4, 0.5) is 0 Å². The van der Waals surface area contributed by atoms with E-state index < -0.39 is 0 Å². The van der Waals surface area contributed by atoms with E-state index >= 15 is 0 Å². The summed E-state index contributed by atoms with van der Waals surface area (Å²) in [7, 11) is 0. The van der Waals surface area contributed by atoms with Crippen molar-refractivity contribution < 1.29 is 0 Å². The van der Waals surface area contributed by atoms with Gasteiger partial charge in [-0.1, -0.05) is 17.8 Å². The topological polar surface area (TPSA) is 43.3 Å². The van der Waals surface area contributed by atoms with E-state index in [9.17, 15) is 0 Å². The minimum absolute atomic E-state index is 0.654. The highest BCUT2D eigenvalue weighted by atomic mass is 32.2. The van der Waals surface area contributed by atoms with Crippen LogP contribution < -0.4 is 5.73 Å². The summed E-state index contributed by atoms with van der Waals surface area (Å²) in [6, 6.07) is 4.18. The van der Waals surface area contributed by atoms with Crippen molar-refractivity contribution in [3.63, 3.8) is 0 Å². The Bertz CT molecular complexity index is 609. The van der Waals surface area contributed by atoms with Crippen LogP contribution in [-0.4, -0.2) is 15.9 Å². The number of thiazole rings is 1. The number of hydrogen-bond donors (Lipinski definition) is 1. The molecule has 3 nitrogen and oxygen atoms in total. The highest BCUT2D eigenvalue weighted by Gasteiger charge is 2.13. The maximum atomic E-state index is 5.68. The Hall–Kier alpha value is -0.820. The Balaban J connectivity index is 2.02. The Kier molecular flexibility index (Phi) is 3.19. The van der Waals surface area contributed by atoms with Crippen LogP contribution in [0.5, 0.6) is 0 Å². The lowest BCUT2D eigenvalue weighted by atomic mass is 10.3. The molecule has 0 aromatic carbocycles. The lowest BCUT2D eigenvalue weighted by Crippen LogP contribution is -2.05. The fourth-order valence-corrected chi connectivity index (χ4v) is 4.30. The molecule has 2 N–H and O–H groups in total. The molecule has 0 amide bonds. The molecule has 88 valence electrons. The molecule has 0 unspecified atom stereocenters. The highest BCUT2D eigenvalue weighted by molar-refractivity contribution is 8.01. The maximum Gasteiger partial charge on any atom is 0.194 e. The van der Waals surface area contributed by atoms with Crippen molar-refractivity contribution in [2.75, 3.05) is 6.54 Å². The zero-order chi connectivity index (χ0) is 11.7. The average Bonchev–Trinajstić information content (AvgIpc) is 2.99. The molecule has 0 aliphatic carbocycles. The molecule has 3 heterocycles. The average molecular weight is 281 g/mol. The van der Waals surface area contributed by atoms with Crippen molar-refractivity contribution in [2.24, 2.45) is 5.73 Å². The van der Waals surface area contributed by atoms with Crippen LogP contribution in [0, 0.1) is 0 Å². The summed E-state index contributed by atoms with van der Waals surface area (Å²) in [6.07, 6.45) is 2.93. The number of hydrogen-bond acceptors (Lipinski definition) is 5. The van der Waals surface area contributed by atoms with Gasteiger partial charge in [0.05, 0.1) is 9.90 Å². The first-order chi connectivity index (χ1) is 8.38. The predicted octanol–water partition coefficient (Wildman–Crippen LogP) is 3.11. The van der Waals surface area contributed by atoms with Crippen molar-refractivity contribution in [1.29, 1.82) is 0 Å². The molecule has 0 aliphatic rings. The van der Waals surface area contributed by atoms with E-state index in [2.05, 4.69) is 38.5 Å². The van der Waals surface area contributed by atoms with Gasteiger partial charge in [-0.05, 0) is 18.0 Å². The van der Waals surface area contributed by atoms with E-state index in [1.54, 1.807) is 34.4 Å². The fraction of sp³-hybridized carbons (Fsp3) is 0.182. The second kappa shape index (κ2) is 4.81. The zero-order valence-electron chi connectivity index (χ0n) is 9.00. The van der Waals surface area contributed by atoms with Crippen LogP contribution >= 0.6 is 34.4 Å². The van der Waals surface area contributed by atoms with Gasteiger partial charge in [-0.15, -0.1) is 22.7 Å². The lowest BCUT2D eigenvalue weighted by Gasteiger charge is -2.00. The van der Waals surface area contributed by atoms with Crippen LogP contribution in [0.15, 0.2) is 38.3 Å². The number of thiophene rings is 1. The summed E-state index contributed by atoms with van der Waals surface area (Å²) in [6.45, 7) is 0.654. The van der Waals surface area contributed by atoms with Crippen molar-refractivity contribution in [2.45, 2.75) is 15.7 Å². The van der Waals surface area contributed by atoms with E-state index in [1.807, 2.05) is 0 Å². The zero-order valence-corrected chi connectivity index (χ0v) is 11.4. The second-order valence-electron chi connectivity index (χ2n) is 3.49. The molecule has 6 heteroatoms. The Labute approximate surface area is 111 Å². The third-order valence-electron chi connectivity index (χ3n) is 2.40. The summed E-state index contributed by atoms with van der Waals surface area (Å²) in [5, 5.41) is 5.23. The van der Waals surface area contributed by atoms with E-state index in [4.69, 9.17) is 5.73 Å².